The number of carbonyl (C=O) groups excluding carboxylic acids is 1. The quantitative estimate of drug-likeness (QED) is 0.664. The van der Waals surface area contributed by atoms with Crippen LogP contribution in [0.15, 0.2) is 48.5 Å². The molecule has 0 saturated carbocycles. The Hall–Kier alpha value is -2.66. The minimum atomic E-state index is -0.469. The van der Waals surface area contributed by atoms with Gasteiger partial charge in [-0.15, -0.1) is 0 Å². The van der Waals surface area contributed by atoms with Gasteiger partial charge in [0.15, 0.2) is 0 Å². The number of imidazole rings is 1. The smallest absolute Gasteiger partial charge is 0.253 e. The average molecular weight is 365 g/mol. The van der Waals surface area contributed by atoms with Gasteiger partial charge < -0.3 is 14.6 Å². The number of para-hydroxylation sites is 2. The van der Waals surface area contributed by atoms with E-state index in [0.29, 0.717) is 12.5 Å². The lowest BCUT2D eigenvalue weighted by Crippen LogP contribution is -2.28. The van der Waals surface area contributed by atoms with E-state index in [4.69, 9.17) is 9.72 Å². The molecule has 1 N–H and O–H groups in total. The van der Waals surface area contributed by atoms with Gasteiger partial charge in [-0.3, -0.25) is 4.79 Å². The number of carbonyl (C=O) groups is 1. The number of hydrogen-bond acceptors (Lipinski definition) is 3. The highest BCUT2D eigenvalue weighted by molar-refractivity contribution is 5.94. The van der Waals surface area contributed by atoms with Crippen LogP contribution in [0.1, 0.15) is 27.2 Å². The molecule has 0 saturated heterocycles. The maximum atomic E-state index is 12.3. The van der Waals surface area contributed by atoms with Gasteiger partial charge >= 0.3 is 0 Å². The van der Waals surface area contributed by atoms with E-state index in [2.05, 4.69) is 29.8 Å². The first-order chi connectivity index (χ1) is 13.0. The van der Waals surface area contributed by atoms with Gasteiger partial charge in [-0.1, -0.05) is 26.0 Å². The Bertz CT molecular complexity index is 913. The van der Waals surface area contributed by atoms with Crippen LogP contribution in [-0.4, -0.2) is 28.2 Å². The zero-order valence-electron chi connectivity index (χ0n) is 16.4. The predicted molar refractivity (Wildman–Crippen MR) is 110 cm³/mol. The maximum absolute atomic E-state index is 12.3. The highest BCUT2D eigenvalue weighted by atomic mass is 16.5. The van der Waals surface area contributed by atoms with E-state index in [1.807, 2.05) is 49.5 Å². The summed E-state index contributed by atoms with van der Waals surface area (Å²) in [5.41, 5.74) is 3.83. The molecule has 1 heterocycles. The van der Waals surface area contributed by atoms with Gasteiger partial charge in [-0.2, -0.15) is 0 Å². The molecule has 1 amide bonds. The Labute approximate surface area is 160 Å². The van der Waals surface area contributed by atoms with Crippen LogP contribution in [0, 0.1) is 5.92 Å². The SMILES string of the molecule is CC(C)CCOC(C)C(=O)Nc1ccc(-c2nc3ccccc3n2C)cc1. The lowest BCUT2D eigenvalue weighted by molar-refractivity contribution is -0.126. The molecule has 0 fully saturated rings. The normalized spacial score (nSPS) is 12.5. The predicted octanol–water partition coefficient (Wildman–Crippen LogP) is 4.63. The van der Waals surface area contributed by atoms with Gasteiger partial charge in [0.05, 0.1) is 11.0 Å². The lowest BCUT2D eigenvalue weighted by Gasteiger charge is -2.14. The van der Waals surface area contributed by atoms with Gasteiger partial charge in [0, 0.05) is 24.9 Å². The van der Waals surface area contributed by atoms with Crippen LogP contribution in [0.3, 0.4) is 0 Å². The average Bonchev–Trinajstić information content (AvgIpc) is 2.99. The van der Waals surface area contributed by atoms with Crippen molar-refractivity contribution in [3.8, 4) is 11.4 Å². The number of anilines is 1. The third kappa shape index (κ3) is 4.55. The van der Waals surface area contributed by atoms with Gasteiger partial charge in [-0.25, -0.2) is 4.98 Å². The van der Waals surface area contributed by atoms with Crippen molar-refractivity contribution >= 4 is 22.6 Å². The summed E-state index contributed by atoms with van der Waals surface area (Å²) in [5.74, 6) is 1.34. The van der Waals surface area contributed by atoms with Crippen LogP contribution in [0.5, 0.6) is 0 Å². The molecule has 142 valence electrons. The van der Waals surface area contributed by atoms with Crippen LogP contribution in [0.2, 0.25) is 0 Å². The van der Waals surface area contributed by atoms with Gasteiger partial charge in [0.2, 0.25) is 0 Å². The molecule has 3 rings (SSSR count). The molecule has 0 aliphatic carbocycles. The number of ether oxygens (including phenoxy) is 1. The highest BCUT2D eigenvalue weighted by Crippen LogP contribution is 2.24. The number of rotatable bonds is 7. The summed E-state index contributed by atoms with van der Waals surface area (Å²) in [5, 5.41) is 2.91. The molecule has 0 bridgehead atoms. The number of aryl methyl sites for hydroxylation is 1. The largest absolute Gasteiger partial charge is 0.369 e. The van der Waals surface area contributed by atoms with Crippen LogP contribution in [0.4, 0.5) is 5.69 Å². The first-order valence-electron chi connectivity index (χ1n) is 9.40. The maximum Gasteiger partial charge on any atom is 0.253 e. The molecule has 2 aromatic carbocycles. The van der Waals surface area contributed by atoms with Crippen LogP contribution in [0.25, 0.3) is 22.4 Å². The number of nitrogens with zero attached hydrogens (tertiary/aromatic N) is 2. The molecule has 27 heavy (non-hydrogen) atoms. The molecular weight excluding hydrogens is 338 g/mol. The number of fused-ring (bicyclic) bond motifs is 1. The molecule has 5 nitrogen and oxygen atoms in total. The zero-order valence-corrected chi connectivity index (χ0v) is 16.4. The summed E-state index contributed by atoms with van der Waals surface area (Å²) >= 11 is 0. The van der Waals surface area contributed by atoms with Crippen molar-refractivity contribution in [2.75, 3.05) is 11.9 Å². The fourth-order valence-electron chi connectivity index (χ4n) is 2.91. The minimum Gasteiger partial charge on any atom is -0.369 e. The van der Waals surface area contributed by atoms with Crippen molar-refractivity contribution in [3.63, 3.8) is 0 Å². The number of aromatic nitrogens is 2. The van der Waals surface area contributed by atoms with E-state index < -0.39 is 6.10 Å². The summed E-state index contributed by atoms with van der Waals surface area (Å²) < 4.78 is 7.68. The molecular formula is C22H27N3O2. The second-order valence-corrected chi connectivity index (χ2v) is 7.25. The molecule has 1 unspecified atom stereocenters. The Kier molecular flexibility index (Phi) is 5.91. The number of hydrogen-bond donors (Lipinski definition) is 1. The van der Waals surface area contributed by atoms with E-state index in [1.165, 1.54) is 0 Å². The summed E-state index contributed by atoms with van der Waals surface area (Å²) in [7, 11) is 2.01. The van der Waals surface area contributed by atoms with E-state index in [-0.39, 0.29) is 5.91 Å². The van der Waals surface area contributed by atoms with Crippen molar-refractivity contribution in [3.05, 3.63) is 48.5 Å². The summed E-state index contributed by atoms with van der Waals surface area (Å²) in [6.07, 6.45) is 0.480. The number of nitrogens with one attached hydrogen (secondary N) is 1. The van der Waals surface area contributed by atoms with Crippen molar-refractivity contribution in [2.24, 2.45) is 13.0 Å². The standard InChI is InChI=1S/C22H27N3O2/c1-15(2)13-14-27-16(3)22(26)23-18-11-9-17(10-12-18)21-24-19-7-5-6-8-20(19)25(21)4/h5-12,15-16H,13-14H2,1-4H3,(H,23,26). The third-order valence-corrected chi connectivity index (χ3v) is 4.63. The lowest BCUT2D eigenvalue weighted by atomic mass is 10.1. The molecule has 1 atom stereocenters. The molecule has 1 aromatic heterocycles. The molecule has 3 aromatic rings. The van der Waals surface area contributed by atoms with Crippen molar-refractivity contribution in [2.45, 2.75) is 33.3 Å². The summed E-state index contributed by atoms with van der Waals surface area (Å²) in [6, 6.07) is 15.8. The second-order valence-electron chi connectivity index (χ2n) is 7.25. The number of benzene rings is 2. The Morgan fingerprint density at radius 1 is 1.11 bits per heavy atom. The fraction of sp³-hybridized carbons (Fsp3) is 0.364. The summed E-state index contributed by atoms with van der Waals surface area (Å²) in [4.78, 5) is 17.0. The Morgan fingerprint density at radius 3 is 2.48 bits per heavy atom. The molecule has 0 aliphatic heterocycles. The van der Waals surface area contributed by atoms with E-state index in [0.717, 1.165) is 34.5 Å². The van der Waals surface area contributed by atoms with Crippen LogP contribution < -0.4 is 5.32 Å². The van der Waals surface area contributed by atoms with Gasteiger partial charge in [0.25, 0.3) is 5.91 Å². The van der Waals surface area contributed by atoms with Crippen molar-refractivity contribution in [1.82, 2.24) is 9.55 Å². The molecule has 5 heteroatoms. The summed E-state index contributed by atoms with van der Waals surface area (Å²) in [6.45, 7) is 6.65. The van der Waals surface area contributed by atoms with Crippen LogP contribution in [-0.2, 0) is 16.6 Å². The Morgan fingerprint density at radius 2 is 1.81 bits per heavy atom. The topological polar surface area (TPSA) is 56.1 Å². The van der Waals surface area contributed by atoms with E-state index in [1.54, 1.807) is 6.92 Å². The first-order valence-corrected chi connectivity index (χ1v) is 9.40. The molecule has 0 spiro atoms. The van der Waals surface area contributed by atoms with Gasteiger partial charge in [0.1, 0.15) is 11.9 Å². The molecule has 0 aliphatic rings. The minimum absolute atomic E-state index is 0.130. The van der Waals surface area contributed by atoms with Crippen molar-refractivity contribution in [1.29, 1.82) is 0 Å². The fourth-order valence-corrected chi connectivity index (χ4v) is 2.91. The van der Waals surface area contributed by atoms with Crippen molar-refractivity contribution < 1.29 is 9.53 Å². The molecule has 0 radical (unpaired) electrons. The van der Waals surface area contributed by atoms with E-state index >= 15 is 0 Å². The monoisotopic (exact) mass is 365 g/mol. The third-order valence-electron chi connectivity index (χ3n) is 4.63. The highest BCUT2D eigenvalue weighted by Gasteiger charge is 2.14. The first kappa shape index (κ1) is 19.1. The number of amides is 1. The van der Waals surface area contributed by atoms with Crippen LogP contribution >= 0.6 is 0 Å². The van der Waals surface area contributed by atoms with E-state index in [9.17, 15) is 4.79 Å². The zero-order chi connectivity index (χ0) is 19.4. The van der Waals surface area contributed by atoms with Gasteiger partial charge in [-0.05, 0) is 55.7 Å². The Balaban J connectivity index is 1.66. The second kappa shape index (κ2) is 8.35.